The lowest BCUT2D eigenvalue weighted by Crippen LogP contribution is -2.46. The topological polar surface area (TPSA) is 20.2 Å². The Balaban J connectivity index is 1.96. The molecule has 0 atom stereocenters. The van der Waals surface area contributed by atoms with Crippen molar-refractivity contribution in [2.24, 2.45) is 0 Å². The van der Waals surface area contributed by atoms with Crippen LogP contribution in [-0.2, 0) is 5.41 Å². The Morgan fingerprint density at radius 2 is 1.38 bits per heavy atom. The summed E-state index contributed by atoms with van der Waals surface area (Å²) >= 11 is 0. The summed E-state index contributed by atoms with van der Waals surface area (Å²) < 4.78 is 0. The summed E-state index contributed by atoms with van der Waals surface area (Å²) in [6.45, 7) is 12.1. The third kappa shape index (κ3) is 4.81. The lowest BCUT2D eigenvalue weighted by atomic mass is 9.52. The van der Waals surface area contributed by atoms with Gasteiger partial charge in [0.1, 0.15) is 0 Å². The van der Waals surface area contributed by atoms with Gasteiger partial charge in [-0.05, 0) is 60.9 Å². The van der Waals surface area contributed by atoms with Crippen molar-refractivity contribution in [2.75, 3.05) is 0 Å². The van der Waals surface area contributed by atoms with E-state index in [4.69, 9.17) is 0 Å². The lowest BCUT2D eigenvalue weighted by Gasteiger charge is -2.18. The van der Waals surface area contributed by atoms with Gasteiger partial charge in [-0.1, -0.05) is 91.8 Å². The molecule has 3 aromatic rings. The molecule has 0 unspecified atom stereocenters. The smallest absolute Gasteiger partial charge is 0.360 e. The maximum Gasteiger partial charge on any atom is 0.360 e. The molecule has 29 heavy (non-hydrogen) atoms. The minimum Gasteiger partial charge on any atom is -0.443 e. The molecule has 3 aromatic carbocycles. The molecule has 0 aliphatic heterocycles. The van der Waals surface area contributed by atoms with Gasteiger partial charge in [-0.25, -0.2) is 0 Å². The minimum atomic E-state index is -0.690. The lowest BCUT2D eigenvalue weighted by molar-refractivity contribution is 0.590. The first-order chi connectivity index (χ1) is 13.7. The zero-order valence-electron chi connectivity index (χ0n) is 18.3. The largest absolute Gasteiger partial charge is 0.443 e. The molecule has 0 heterocycles. The van der Waals surface area contributed by atoms with Crippen molar-refractivity contribution in [3.63, 3.8) is 0 Å². The van der Waals surface area contributed by atoms with E-state index in [0.717, 1.165) is 33.2 Å². The first kappa shape index (κ1) is 21.0. The summed E-state index contributed by atoms with van der Waals surface area (Å²) in [6, 6.07) is 20.5. The standard InChI is InChI=1S/C27H29BO/c1-19-17-20(2)26(21(3)18-19)28(29)25-10-8-7-9-23(25)14-11-22-12-15-24(16-13-22)27(4,5)6/h7-10,12-13,15-18,29H,1-6H3. The zero-order chi connectivity index (χ0) is 21.2. The first-order valence-corrected chi connectivity index (χ1v) is 10.1. The van der Waals surface area contributed by atoms with Crippen molar-refractivity contribution in [3.8, 4) is 11.8 Å². The van der Waals surface area contributed by atoms with Crippen molar-refractivity contribution in [2.45, 2.75) is 47.0 Å². The Kier molecular flexibility index (Phi) is 6.01. The van der Waals surface area contributed by atoms with Crippen LogP contribution < -0.4 is 10.9 Å². The molecule has 0 aliphatic carbocycles. The molecule has 0 bridgehead atoms. The third-order valence-corrected chi connectivity index (χ3v) is 5.36. The van der Waals surface area contributed by atoms with E-state index in [0.29, 0.717) is 0 Å². The highest BCUT2D eigenvalue weighted by Crippen LogP contribution is 2.22. The monoisotopic (exact) mass is 380 g/mol. The van der Waals surface area contributed by atoms with Gasteiger partial charge >= 0.3 is 6.92 Å². The van der Waals surface area contributed by atoms with Gasteiger partial charge in [0, 0.05) is 11.1 Å². The molecule has 0 aromatic heterocycles. The fraction of sp³-hybridized carbons (Fsp3) is 0.259. The number of hydrogen-bond acceptors (Lipinski definition) is 1. The SMILES string of the molecule is Cc1cc(C)c(B(O)c2ccccc2C#Cc2ccc(C(C)(C)C)cc2)c(C)c1. The highest BCUT2D eigenvalue weighted by atomic mass is 16.2. The molecule has 3 rings (SSSR count). The molecule has 0 saturated carbocycles. The van der Waals surface area contributed by atoms with Gasteiger partial charge in [0.25, 0.3) is 0 Å². The van der Waals surface area contributed by atoms with E-state index < -0.39 is 6.92 Å². The van der Waals surface area contributed by atoms with E-state index in [-0.39, 0.29) is 5.41 Å². The van der Waals surface area contributed by atoms with Gasteiger partial charge in [0.2, 0.25) is 0 Å². The predicted molar refractivity (Wildman–Crippen MR) is 125 cm³/mol. The second kappa shape index (κ2) is 8.32. The Labute approximate surface area is 175 Å². The van der Waals surface area contributed by atoms with Gasteiger partial charge in [0.15, 0.2) is 0 Å². The van der Waals surface area contributed by atoms with Crippen LogP contribution in [0.2, 0.25) is 0 Å². The summed E-state index contributed by atoms with van der Waals surface area (Å²) in [5, 5.41) is 11.2. The average molecular weight is 380 g/mol. The van der Waals surface area contributed by atoms with E-state index in [9.17, 15) is 5.02 Å². The Hall–Kier alpha value is -2.76. The van der Waals surface area contributed by atoms with Crippen LogP contribution in [0.3, 0.4) is 0 Å². The normalized spacial score (nSPS) is 11.0. The van der Waals surface area contributed by atoms with Crippen LogP contribution in [-0.4, -0.2) is 11.9 Å². The average Bonchev–Trinajstić information content (AvgIpc) is 2.65. The number of hydrogen-bond donors (Lipinski definition) is 1. The highest BCUT2D eigenvalue weighted by Gasteiger charge is 2.23. The number of aryl methyl sites for hydroxylation is 3. The van der Waals surface area contributed by atoms with Crippen molar-refractivity contribution >= 4 is 17.8 Å². The van der Waals surface area contributed by atoms with Crippen LogP contribution in [0, 0.1) is 32.6 Å². The summed E-state index contributed by atoms with van der Waals surface area (Å²) in [4.78, 5) is 0. The van der Waals surface area contributed by atoms with Crippen molar-refractivity contribution < 1.29 is 5.02 Å². The molecule has 0 spiro atoms. The fourth-order valence-corrected chi connectivity index (χ4v) is 3.82. The maximum absolute atomic E-state index is 11.2. The molecule has 1 N–H and O–H groups in total. The van der Waals surface area contributed by atoms with E-state index >= 15 is 0 Å². The summed E-state index contributed by atoms with van der Waals surface area (Å²) in [6.07, 6.45) is 0. The highest BCUT2D eigenvalue weighted by molar-refractivity contribution is 6.80. The summed E-state index contributed by atoms with van der Waals surface area (Å²) in [5.74, 6) is 6.54. The summed E-state index contributed by atoms with van der Waals surface area (Å²) in [5.41, 5.74) is 8.51. The molecule has 2 heteroatoms. The van der Waals surface area contributed by atoms with Crippen LogP contribution in [0.4, 0.5) is 0 Å². The van der Waals surface area contributed by atoms with Crippen LogP contribution in [0.15, 0.2) is 60.7 Å². The van der Waals surface area contributed by atoms with Gasteiger partial charge in [-0.15, -0.1) is 0 Å². The van der Waals surface area contributed by atoms with Crippen molar-refractivity contribution in [1.82, 2.24) is 0 Å². The Morgan fingerprint density at radius 3 is 1.97 bits per heavy atom. The van der Waals surface area contributed by atoms with Crippen LogP contribution >= 0.6 is 0 Å². The van der Waals surface area contributed by atoms with E-state index in [1.807, 2.05) is 24.3 Å². The molecule has 146 valence electrons. The molecule has 0 radical (unpaired) electrons. The van der Waals surface area contributed by atoms with Gasteiger partial charge < -0.3 is 5.02 Å². The second-order valence-electron chi connectivity index (χ2n) is 8.88. The molecule has 0 saturated heterocycles. The minimum absolute atomic E-state index is 0.131. The third-order valence-electron chi connectivity index (χ3n) is 5.36. The van der Waals surface area contributed by atoms with Crippen LogP contribution in [0.1, 0.15) is 54.2 Å². The van der Waals surface area contributed by atoms with E-state index in [1.54, 1.807) is 0 Å². The van der Waals surface area contributed by atoms with Crippen molar-refractivity contribution in [3.05, 3.63) is 94.0 Å². The number of benzene rings is 3. The molecule has 1 nitrogen and oxygen atoms in total. The van der Waals surface area contributed by atoms with Gasteiger partial charge in [-0.3, -0.25) is 0 Å². The van der Waals surface area contributed by atoms with E-state index in [1.165, 1.54) is 11.1 Å². The molecule has 0 aliphatic rings. The molecule has 0 fully saturated rings. The van der Waals surface area contributed by atoms with E-state index in [2.05, 4.69) is 89.8 Å². The fourth-order valence-electron chi connectivity index (χ4n) is 3.82. The Bertz CT molecular complexity index is 1050. The summed E-state index contributed by atoms with van der Waals surface area (Å²) in [7, 11) is 0. The molecular formula is C27H29BO. The Morgan fingerprint density at radius 1 is 0.793 bits per heavy atom. The predicted octanol–water partition coefficient (Wildman–Crippen LogP) is 4.41. The van der Waals surface area contributed by atoms with Crippen LogP contribution in [0.25, 0.3) is 0 Å². The van der Waals surface area contributed by atoms with Crippen molar-refractivity contribution in [1.29, 1.82) is 0 Å². The second-order valence-corrected chi connectivity index (χ2v) is 8.88. The number of rotatable bonds is 2. The maximum atomic E-state index is 11.2. The molecular weight excluding hydrogens is 351 g/mol. The quantitative estimate of drug-likeness (QED) is 0.516. The van der Waals surface area contributed by atoms with Gasteiger partial charge in [-0.2, -0.15) is 0 Å². The molecule has 0 amide bonds. The van der Waals surface area contributed by atoms with Gasteiger partial charge in [0.05, 0.1) is 0 Å². The van der Waals surface area contributed by atoms with Crippen LogP contribution in [0.5, 0.6) is 0 Å². The first-order valence-electron chi connectivity index (χ1n) is 10.1. The zero-order valence-corrected chi connectivity index (χ0v) is 18.3.